The van der Waals surface area contributed by atoms with Crippen molar-refractivity contribution < 1.29 is 4.79 Å². The first kappa shape index (κ1) is 13.2. The summed E-state index contributed by atoms with van der Waals surface area (Å²) in [6.45, 7) is 5.36. The van der Waals surface area contributed by atoms with Crippen LogP contribution < -0.4 is 10.6 Å². The molecule has 3 fully saturated rings. The van der Waals surface area contributed by atoms with Crippen molar-refractivity contribution in [3.05, 3.63) is 0 Å². The van der Waals surface area contributed by atoms with Crippen molar-refractivity contribution in [3.8, 4) is 0 Å². The number of piperidine rings is 1. The minimum atomic E-state index is 0. The highest BCUT2D eigenvalue weighted by Gasteiger charge is 2.57. The van der Waals surface area contributed by atoms with Crippen molar-refractivity contribution in [2.45, 2.75) is 39.0 Å². The number of halogens is 1. The Hall–Kier alpha value is -0.280. The predicted octanol–water partition coefficient (Wildman–Crippen LogP) is 1.71. The molecule has 1 aliphatic heterocycles. The van der Waals surface area contributed by atoms with E-state index in [9.17, 15) is 4.79 Å². The van der Waals surface area contributed by atoms with Crippen molar-refractivity contribution in [2.75, 3.05) is 19.6 Å². The van der Waals surface area contributed by atoms with Crippen LogP contribution in [0.25, 0.3) is 0 Å². The quantitative estimate of drug-likeness (QED) is 0.809. The largest absolute Gasteiger partial charge is 0.355 e. The second kappa shape index (κ2) is 4.43. The Balaban J connectivity index is 0.00000108. The highest BCUT2D eigenvalue weighted by atomic mass is 35.5. The summed E-state index contributed by atoms with van der Waals surface area (Å²) in [4.78, 5) is 12.0. The molecule has 0 aromatic heterocycles. The van der Waals surface area contributed by atoms with Gasteiger partial charge in [0.25, 0.3) is 0 Å². The third-order valence-corrected chi connectivity index (χ3v) is 4.90. The molecule has 0 bridgehead atoms. The van der Waals surface area contributed by atoms with Gasteiger partial charge >= 0.3 is 0 Å². The number of carbonyl (C=O) groups excluding carboxylic acids is 1. The van der Waals surface area contributed by atoms with Crippen LogP contribution in [0.3, 0.4) is 0 Å². The van der Waals surface area contributed by atoms with Crippen LogP contribution >= 0.6 is 12.4 Å². The van der Waals surface area contributed by atoms with Gasteiger partial charge in [0.05, 0.1) is 0 Å². The van der Waals surface area contributed by atoms with Gasteiger partial charge in [-0.25, -0.2) is 0 Å². The summed E-state index contributed by atoms with van der Waals surface area (Å²) < 4.78 is 0. The summed E-state index contributed by atoms with van der Waals surface area (Å²) in [7, 11) is 0. The second-order valence-corrected chi connectivity index (χ2v) is 6.40. The fourth-order valence-electron chi connectivity index (χ4n) is 3.01. The Morgan fingerprint density at radius 2 is 1.94 bits per heavy atom. The van der Waals surface area contributed by atoms with Gasteiger partial charge < -0.3 is 10.6 Å². The van der Waals surface area contributed by atoms with Gasteiger partial charge in [-0.1, -0.05) is 6.92 Å². The Morgan fingerprint density at radius 3 is 2.53 bits per heavy atom. The third-order valence-electron chi connectivity index (χ3n) is 4.90. The number of nitrogens with one attached hydrogen (secondary N) is 2. The van der Waals surface area contributed by atoms with Gasteiger partial charge in [0, 0.05) is 12.5 Å². The maximum Gasteiger partial charge on any atom is 0.223 e. The van der Waals surface area contributed by atoms with Crippen LogP contribution in [0, 0.1) is 16.7 Å². The molecular formula is C13H23ClN2O. The molecule has 2 aliphatic carbocycles. The topological polar surface area (TPSA) is 41.1 Å². The van der Waals surface area contributed by atoms with E-state index >= 15 is 0 Å². The molecule has 3 rings (SSSR count). The number of hydrogen-bond acceptors (Lipinski definition) is 2. The first-order chi connectivity index (χ1) is 7.64. The molecule has 98 valence electrons. The molecule has 1 saturated heterocycles. The molecule has 1 spiro atoms. The van der Waals surface area contributed by atoms with Crippen molar-refractivity contribution in [1.29, 1.82) is 0 Å². The van der Waals surface area contributed by atoms with Crippen LogP contribution in [0.5, 0.6) is 0 Å². The number of hydrogen-bond donors (Lipinski definition) is 2. The summed E-state index contributed by atoms with van der Waals surface area (Å²) in [5, 5.41) is 6.53. The molecule has 3 nitrogen and oxygen atoms in total. The molecule has 1 atom stereocenters. The van der Waals surface area contributed by atoms with E-state index in [0.29, 0.717) is 22.7 Å². The molecule has 0 radical (unpaired) electrons. The normalized spacial score (nSPS) is 31.5. The summed E-state index contributed by atoms with van der Waals surface area (Å²) >= 11 is 0. The van der Waals surface area contributed by atoms with Crippen LogP contribution in [-0.4, -0.2) is 25.5 Å². The van der Waals surface area contributed by atoms with Crippen LogP contribution in [0.2, 0.25) is 0 Å². The van der Waals surface area contributed by atoms with Crippen LogP contribution in [0.4, 0.5) is 0 Å². The molecule has 1 heterocycles. The molecule has 1 unspecified atom stereocenters. The van der Waals surface area contributed by atoms with E-state index in [1.807, 2.05) is 0 Å². The lowest BCUT2D eigenvalue weighted by atomic mass is 9.91. The molecule has 0 aromatic carbocycles. The maximum absolute atomic E-state index is 12.0. The Morgan fingerprint density at radius 1 is 1.29 bits per heavy atom. The highest BCUT2D eigenvalue weighted by molar-refractivity contribution is 5.85. The highest BCUT2D eigenvalue weighted by Crippen LogP contribution is 2.58. The van der Waals surface area contributed by atoms with Crippen molar-refractivity contribution in [1.82, 2.24) is 10.6 Å². The van der Waals surface area contributed by atoms with E-state index in [0.717, 1.165) is 26.1 Å². The Kier molecular flexibility index (Phi) is 3.43. The molecule has 0 aromatic rings. The van der Waals surface area contributed by atoms with E-state index in [1.165, 1.54) is 25.7 Å². The monoisotopic (exact) mass is 258 g/mol. The molecule has 2 saturated carbocycles. The maximum atomic E-state index is 12.0. The van der Waals surface area contributed by atoms with Gasteiger partial charge in [0.15, 0.2) is 0 Å². The van der Waals surface area contributed by atoms with Gasteiger partial charge in [0.1, 0.15) is 0 Å². The molecule has 17 heavy (non-hydrogen) atoms. The lowest BCUT2D eigenvalue weighted by Gasteiger charge is -2.23. The minimum Gasteiger partial charge on any atom is -0.355 e. The van der Waals surface area contributed by atoms with Crippen molar-refractivity contribution in [3.63, 3.8) is 0 Å². The SMILES string of the molecule is CC1(CNC(=O)C2CC23CCNCC3)CC1.Cl. The number of carbonyl (C=O) groups is 1. The smallest absolute Gasteiger partial charge is 0.223 e. The van der Waals surface area contributed by atoms with E-state index in [-0.39, 0.29) is 12.4 Å². The van der Waals surface area contributed by atoms with E-state index < -0.39 is 0 Å². The zero-order valence-electron chi connectivity index (χ0n) is 10.6. The fraction of sp³-hybridized carbons (Fsp3) is 0.923. The van der Waals surface area contributed by atoms with Crippen molar-refractivity contribution in [2.24, 2.45) is 16.7 Å². The lowest BCUT2D eigenvalue weighted by molar-refractivity contribution is -0.123. The van der Waals surface area contributed by atoms with Crippen LogP contribution in [0.1, 0.15) is 39.0 Å². The zero-order chi connectivity index (χ0) is 11.2. The third kappa shape index (κ3) is 2.60. The average Bonchev–Trinajstić information content (AvgIpc) is 3.17. The summed E-state index contributed by atoms with van der Waals surface area (Å²) in [6.07, 6.45) is 6.10. The van der Waals surface area contributed by atoms with E-state index in [4.69, 9.17) is 0 Å². The zero-order valence-corrected chi connectivity index (χ0v) is 11.4. The molecular weight excluding hydrogens is 236 g/mol. The van der Waals surface area contributed by atoms with Gasteiger partial charge in [0.2, 0.25) is 5.91 Å². The Bertz CT molecular complexity index is 309. The minimum absolute atomic E-state index is 0. The molecule has 3 aliphatic rings. The first-order valence-electron chi connectivity index (χ1n) is 6.62. The number of rotatable bonds is 3. The Labute approximate surface area is 110 Å². The standard InChI is InChI=1S/C13H22N2O.ClH/c1-12(2-3-12)9-15-11(16)10-8-13(10)4-6-14-7-5-13;/h10,14H,2-9H2,1H3,(H,15,16);1H. The van der Waals surface area contributed by atoms with Gasteiger partial charge in [-0.3, -0.25) is 4.79 Å². The predicted molar refractivity (Wildman–Crippen MR) is 70.2 cm³/mol. The van der Waals surface area contributed by atoms with Crippen LogP contribution in [-0.2, 0) is 4.79 Å². The molecule has 1 amide bonds. The lowest BCUT2D eigenvalue weighted by Crippen LogP contribution is -2.35. The van der Waals surface area contributed by atoms with E-state index in [1.54, 1.807) is 0 Å². The van der Waals surface area contributed by atoms with Gasteiger partial charge in [-0.15, -0.1) is 12.4 Å². The van der Waals surface area contributed by atoms with E-state index in [2.05, 4.69) is 17.6 Å². The van der Waals surface area contributed by atoms with Gasteiger partial charge in [-0.2, -0.15) is 0 Å². The second-order valence-electron chi connectivity index (χ2n) is 6.40. The van der Waals surface area contributed by atoms with Crippen molar-refractivity contribution >= 4 is 18.3 Å². The number of amides is 1. The van der Waals surface area contributed by atoms with Gasteiger partial charge in [-0.05, 0) is 56.0 Å². The summed E-state index contributed by atoms with van der Waals surface area (Å²) in [6, 6.07) is 0. The average molecular weight is 259 g/mol. The first-order valence-corrected chi connectivity index (χ1v) is 6.62. The summed E-state index contributed by atoms with van der Waals surface area (Å²) in [5.74, 6) is 0.659. The summed E-state index contributed by atoms with van der Waals surface area (Å²) in [5.41, 5.74) is 0.825. The fourth-order valence-corrected chi connectivity index (χ4v) is 3.01. The van der Waals surface area contributed by atoms with Crippen LogP contribution in [0.15, 0.2) is 0 Å². The molecule has 2 N–H and O–H groups in total. The molecule has 4 heteroatoms.